The first-order valence-corrected chi connectivity index (χ1v) is 12.0. The van der Waals surface area contributed by atoms with Gasteiger partial charge in [-0.15, -0.1) is 0 Å². The van der Waals surface area contributed by atoms with Gasteiger partial charge in [0.2, 0.25) is 0 Å². The van der Waals surface area contributed by atoms with Crippen LogP contribution >= 0.6 is 0 Å². The highest BCUT2D eigenvalue weighted by atomic mass is 19.1. The summed E-state index contributed by atoms with van der Waals surface area (Å²) < 4.78 is 45.1. The molecule has 4 nitrogen and oxygen atoms in total. The molecule has 4 aliphatic carbocycles. The summed E-state index contributed by atoms with van der Waals surface area (Å²) in [5.41, 5.74) is -3.89. The Morgan fingerprint density at radius 3 is 2.61 bits per heavy atom. The largest absolute Gasteiger partial charge is 0.346 e. The molecule has 1 heterocycles. The summed E-state index contributed by atoms with van der Waals surface area (Å²) >= 11 is 0. The van der Waals surface area contributed by atoms with E-state index in [0.29, 0.717) is 24.8 Å². The maximum atomic E-state index is 17.1. The molecule has 31 heavy (non-hydrogen) atoms. The van der Waals surface area contributed by atoms with Crippen LogP contribution < -0.4 is 0 Å². The molecule has 0 N–H and O–H groups in total. The lowest BCUT2D eigenvalue weighted by atomic mass is 9.44. The van der Waals surface area contributed by atoms with Crippen LogP contribution in [0.5, 0.6) is 0 Å². The number of ketones is 2. The Labute approximate surface area is 183 Å². The van der Waals surface area contributed by atoms with Gasteiger partial charge in [-0.2, -0.15) is 0 Å². The van der Waals surface area contributed by atoms with Crippen molar-refractivity contribution in [1.82, 2.24) is 0 Å². The maximum absolute atomic E-state index is 17.1. The van der Waals surface area contributed by atoms with Gasteiger partial charge in [0.15, 0.2) is 23.5 Å². The maximum Gasteiger partial charge on any atom is 0.164 e. The van der Waals surface area contributed by atoms with Gasteiger partial charge in [0, 0.05) is 23.2 Å². The van der Waals surface area contributed by atoms with E-state index in [-0.39, 0.29) is 36.7 Å². The molecule has 4 fully saturated rings. The highest BCUT2D eigenvalue weighted by Gasteiger charge is 2.77. The quantitative estimate of drug-likeness (QED) is 0.622. The minimum Gasteiger partial charge on any atom is -0.346 e. The third kappa shape index (κ3) is 2.47. The van der Waals surface area contributed by atoms with Crippen molar-refractivity contribution in [2.45, 2.75) is 109 Å². The molecule has 6 heteroatoms. The van der Waals surface area contributed by atoms with Crippen LogP contribution in [-0.2, 0) is 19.1 Å². The molecule has 1 saturated heterocycles. The molecule has 0 spiro atoms. The van der Waals surface area contributed by atoms with Crippen molar-refractivity contribution in [2.24, 2.45) is 22.7 Å². The third-order valence-electron chi connectivity index (χ3n) is 9.89. The Hall–Kier alpha value is -1.14. The van der Waals surface area contributed by atoms with Crippen molar-refractivity contribution in [3.05, 3.63) is 11.6 Å². The van der Waals surface area contributed by atoms with E-state index in [2.05, 4.69) is 0 Å². The van der Waals surface area contributed by atoms with Gasteiger partial charge in [0.05, 0.1) is 6.10 Å². The first-order chi connectivity index (χ1) is 14.5. The van der Waals surface area contributed by atoms with Crippen molar-refractivity contribution in [3.63, 3.8) is 0 Å². The van der Waals surface area contributed by atoms with E-state index in [9.17, 15) is 9.59 Å². The number of fused-ring (bicyclic) bond motifs is 7. The molecule has 0 aromatic heterocycles. The lowest BCUT2D eigenvalue weighted by molar-refractivity contribution is -0.206. The van der Waals surface area contributed by atoms with Crippen LogP contribution in [-0.4, -0.2) is 41.4 Å². The van der Waals surface area contributed by atoms with Crippen LogP contribution in [0, 0.1) is 22.7 Å². The number of hydrogen-bond acceptors (Lipinski definition) is 4. The first-order valence-electron chi connectivity index (χ1n) is 12.0. The fourth-order valence-electron chi connectivity index (χ4n) is 8.27. The summed E-state index contributed by atoms with van der Waals surface area (Å²) in [5, 5.41) is 0. The molecular weight excluding hydrogens is 402 g/mol. The predicted molar refractivity (Wildman–Crippen MR) is 111 cm³/mol. The van der Waals surface area contributed by atoms with Crippen molar-refractivity contribution < 1.29 is 27.8 Å². The number of carbonyl (C=O) groups is 2. The summed E-state index contributed by atoms with van der Waals surface area (Å²) in [7, 11) is 0. The van der Waals surface area contributed by atoms with E-state index in [0.717, 1.165) is 12.8 Å². The number of ether oxygens (including phenoxy) is 2. The fraction of sp³-hybridized carbons (Fsp3) is 0.840. The number of rotatable bonds is 3. The topological polar surface area (TPSA) is 52.6 Å². The van der Waals surface area contributed by atoms with Crippen molar-refractivity contribution in [2.75, 3.05) is 0 Å². The van der Waals surface area contributed by atoms with Gasteiger partial charge < -0.3 is 9.47 Å². The highest BCUT2D eigenvalue weighted by molar-refractivity contribution is 5.92. The van der Waals surface area contributed by atoms with Crippen LogP contribution in [0.1, 0.15) is 79.1 Å². The van der Waals surface area contributed by atoms with Gasteiger partial charge in [-0.05, 0) is 63.0 Å². The van der Waals surface area contributed by atoms with E-state index in [4.69, 9.17) is 9.47 Å². The number of allylic oxidation sites excluding steroid dienone is 1. The molecule has 0 aromatic carbocycles. The molecule has 3 saturated carbocycles. The van der Waals surface area contributed by atoms with E-state index < -0.39 is 46.6 Å². The summed E-state index contributed by atoms with van der Waals surface area (Å²) in [4.78, 5) is 25.1. The van der Waals surface area contributed by atoms with Crippen LogP contribution in [0.2, 0.25) is 0 Å². The van der Waals surface area contributed by atoms with Gasteiger partial charge >= 0.3 is 0 Å². The van der Waals surface area contributed by atoms with Gasteiger partial charge in [-0.1, -0.05) is 27.2 Å². The number of halogens is 2. The van der Waals surface area contributed by atoms with E-state index >= 15 is 8.78 Å². The molecule has 1 unspecified atom stereocenters. The second-order valence-electron chi connectivity index (χ2n) is 11.1. The molecule has 5 aliphatic rings. The molecule has 0 amide bonds. The minimum absolute atomic E-state index is 0.0601. The molecular formula is C25H34F2O4. The molecule has 0 radical (unpaired) electrons. The zero-order chi connectivity index (χ0) is 22.4. The zero-order valence-electron chi connectivity index (χ0n) is 19.0. The Morgan fingerprint density at radius 1 is 1.19 bits per heavy atom. The number of Topliss-reactive ketones (excluding diaryl/α,β-unsaturated/α-hetero) is 1. The number of alkyl halides is 2. The Morgan fingerprint density at radius 2 is 1.94 bits per heavy atom. The van der Waals surface area contributed by atoms with Crippen molar-refractivity contribution >= 4 is 11.6 Å². The SMILES string of the molecule is CCCC1O[C@@H]2C[C@H]3[C@@H]4C[C@H](F)C5=CC(=O)CC[C@]5(C)[C@@]4(F)CC[C@]3(C)[C@]2(C(C)=O)O1. The Kier molecular flexibility index (Phi) is 4.68. The second kappa shape index (κ2) is 6.69. The molecule has 172 valence electrons. The highest BCUT2D eigenvalue weighted by Crippen LogP contribution is 2.72. The van der Waals surface area contributed by atoms with Gasteiger partial charge in [0.1, 0.15) is 11.8 Å². The van der Waals surface area contributed by atoms with Gasteiger partial charge in [-0.25, -0.2) is 8.78 Å². The smallest absolute Gasteiger partial charge is 0.164 e. The van der Waals surface area contributed by atoms with Crippen molar-refractivity contribution in [3.8, 4) is 0 Å². The van der Waals surface area contributed by atoms with Crippen molar-refractivity contribution in [1.29, 1.82) is 0 Å². The van der Waals surface area contributed by atoms with Crippen LogP contribution in [0.15, 0.2) is 11.6 Å². The lowest BCUT2D eigenvalue weighted by Gasteiger charge is -2.62. The average molecular weight is 437 g/mol. The van der Waals surface area contributed by atoms with Crippen LogP contribution in [0.4, 0.5) is 8.78 Å². The normalized spacial score (nSPS) is 53.3. The third-order valence-corrected chi connectivity index (χ3v) is 9.89. The molecule has 1 aliphatic heterocycles. The minimum atomic E-state index is -1.59. The monoisotopic (exact) mass is 436 g/mol. The predicted octanol–water partition coefficient (Wildman–Crippen LogP) is 5.04. The molecule has 0 bridgehead atoms. The summed E-state index contributed by atoms with van der Waals surface area (Å²) in [5.74, 6) is -0.880. The summed E-state index contributed by atoms with van der Waals surface area (Å²) in [6, 6.07) is 0. The van der Waals surface area contributed by atoms with Gasteiger partial charge in [-0.3, -0.25) is 9.59 Å². The summed E-state index contributed by atoms with van der Waals surface area (Å²) in [6.45, 7) is 7.46. The second-order valence-corrected chi connectivity index (χ2v) is 11.1. The van der Waals surface area contributed by atoms with E-state index in [1.807, 2.05) is 20.8 Å². The lowest BCUT2D eigenvalue weighted by Crippen LogP contribution is -2.65. The number of carbonyl (C=O) groups excluding carboxylic acids is 2. The van der Waals surface area contributed by atoms with Crippen LogP contribution in [0.3, 0.4) is 0 Å². The van der Waals surface area contributed by atoms with E-state index in [1.165, 1.54) is 6.08 Å². The van der Waals surface area contributed by atoms with E-state index in [1.54, 1.807) is 6.92 Å². The zero-order valence-corrected chi connectivity index (χ0v) is 19.0. The molecule has 5 rings (SSSR count). The fourth-order valence-corrected chi connectivity index (χ4v) is 8.27. The van der Waals surface area contributed by atoms with Crippen LogP contribution in [0.25, 0.3) is 0 Å². The van der Waals surface area contributed by atoms with Gasteiger partial charge in [0.25, 0.3) is 0 Å². The standard InChI is InChI=1S/C25H34F2O4/c1-5-6-21-30-20-13-16-17-12-19(26)18-11-15(29)7-8-22(18,3)24(17,27)10-9-23(16,4)25(20,31-21)14(2)28/h11,16-17,19-21H,5-10,12-13H2,1-4H3/t16-,17-,19-,20+,21?,22-,23-,24+,25+/m0/s1. The summed E-state index contributed by atoms with van der Waals surface area (Å²) in [6.07, 6.45) is 2.78. The number of hydrogen-bond donors (Lipinski definition) is 0. The molecule has 9 atom stereocenters. The Bertz CT molecular complexity index is 856. The first kappa shape index (κ1) is 21.7. The molecule has 0 aromatic rings. The average Bonchev–Trinajstić information content (AvgIpc) is 3.19. The Balaban J connectivity index is 1.56.